The van der Waals surface area contributed by atoms with Crippen LogP contribution in [0.5, 0.6) is 0 Å². The number of carbonyl (C=O) groups is 3. The Kier molecular flexibility index (Phi) is 4.58. The lowest BCUT2D eigenvalue weighted by Gasteiger charge is -2.46. The number of aromatic nitrogens is 3. The fourth-order valence-electron chi connectivity index (χ4n) is 5.62. The molecule has 178 valence electrons. The number of benzene rings is 1. The second-order valence-electron chi connectivity index (χ2n) is 9.22. The minimum Gasteiger partial charge on any atom is -0.477 e. The highest BCUT2D eigenvalue weighted by molar-refractivity contribution is 7.18. The molecule has 0 saturated carbocycles. The first-order valence-corrected chi connectivity index (χ1v) is 12.1. The molecule has 9 nitrogen and oxygen atoms in total. The van der Waals surface area contributed by atoms with Crippen molar-refractivity contribution >= 4 is 50.3 Å². The Morgan fingerprint density at radius 1 is 1.20 bits per heavy atom. The van der Waals surface area contributed by atoms with Crippen LogP contribution in [0.2, 0.25) is 0 Å². The monoisotopic (exact) mass is 490 g/mol. The molecule has 1 amide bonds. The summed E-state index contributed by atoms with van der Waals surface area (Å²) in [5.74, 6) is -2.69. The van der Waals surface area contributed by atoms with Gasteiger partial charge in [-0.3, -0.25) is 14.0 Å². The summed E-state index contributed by atoms with van der Waals surface area (Å²) >= 11 is 1.28. The maximum Gasteiger partial charge on any atom is 0.352 e. The summed E-state index contributed by atoms with van der Waals surface area (Å²) in [6.45, 7) is 3.43. The topological polar surface area (TPSA) is 117 Å². The van der Waals surface area contributed by atoms with Crippen molar-refractivity contribution in [2.24, 2.45) is 18.9 Å². The highest BCUT2D eigenvalue weighted by Gasteiger charge is 2.60. The predicted molar refractivity (Wildman–Crippen MR) is 129 cm³/mol. The quantitative estimate of drug-likeness (QED) is 0.328. The van der Waals surface area contributed by atoms with Crippen LogP contribution in [-0.4, -0.2) is 58.9 Å². The minimum atomic E-state index is -1.19. The van der Waals surface area contributed by atoms with Crippen LogP contribution >= 0.6 is 11.3 Å². The van der Waals surface area contributed by atoms with Gasteiger partial charge in [0.2, 0.25) is 11.7 Å². The molecule has 6 rings (SSSR count). The highest BCUT2D eigenvalue weighted by Crippen LogP contribution is 2.51. The van der Waals surface area contributed by atoms with Crippen LogP contribution in [0.3, 0.4) is 0 Å². The van der Waals surface area contributed by atoms with Crippen LogP contribution in [0, 0.1) is 11.8 Å². The number of hydrogen-bond donors (Lipinski definition) is 2. The van der Waals surface area contributed by atoms with Crippen LogP contribution < -0.4 is 0 Å². The van der Waals surface area contributed by atoms with Crippen molar-refractivity contribution in [1.29, 1.82) is 0 Å². The Morgan fingerprint density at radius 3 is 2.66 bits per heavy atom. The average Bonchev–Trinajstić information content (AvgIpc) is 3.53. The summed E-state index contributed by atoms with van der Waals surface area (Å²) in [5.41, 5.74) is 2.27. The first kappa shape index (κ1) is 21.8. The number of aliphatic hydroxyl groups is 1. The van der Waals surface area contributed by atoms with Gasteiger partial charge in [0.1, 0.15) is 22.5 Å². The van der Waals surface area contributed by atoms with Gasteiger partial charge in [0, 0.05) is 47.4 Å². The molecule has 10 heteroatoms. The van der Waals surface area contributed by atoms with Crippen molar-refractivity contribution in [3.05, 3.63) is 64.8 Å². The van der Waals surface area contributed by atoms with Gasteiger partial charge < -0.3 is 19.7 Å². The summed E-state index contributed by atoms with van der Waals surface area (Å²) in [7, 11) is 1.89. The summed E-state index contributed by atoms with van der Waals surface area (Å²) in [6.07, 6.45) is 4.24. The van der Waals surface area contributed by atoms with Gasteiger partial charge in [0.25, 0.3) is 0 Å². The molecule has 2 aliphatic rings. The third kappa shape index (κ3) is 2.83. The Morgan fingerprint density at radius 2 is 1.94 bits per heavy atom. The average molecular weight is 491 g/mol. The molecule has 1 aromatic carbocycles. The lowest BCUT2D eigenvalue weighted by Crippen LogP contribution is -2.63. The van der Waals surface area contributed by atoms with Crippen LogP contribution in [0.1, 0.15) is 34.8 Å². The molecule has 0 bridgehead atoms. The summed E-state index contributed by atoms with van der Waals surface area (Å²) in [6, 6.07) is 7.26. The molecule has 3 aromatic heterocycles. The molecule has 0 radical (unpaired) electrons. The smallest absolute Gasteiger partial charge is 0.352 e. The number of aryl methyl sites for hydroxylation is 1. The van der Waals surface area contributed by atoms with Gasteiger partial charge in [0.05, 0.1) is 22.9 Å². The minimum absolute atomic E-state index is 0.0520. The maximum absolute atomic E-state index is 13.5. The molecular weight excluding hydrogens is 468 g/mol. The Bertz CT molecular complexity index is 1610. The molecule has 0 spiro atoms. The normalized spacial score (nSPS) is 22.7. The summed E-state index contributed by atoms with van der Waals surface area (Å²) < 4.78 is 3.63. The third-order valence-electron chi connectivity index (χ3n) is 7.21. The van der Waals surface area contributed by atoms with Gasteiger partial charge in [-0.25, -0.2) is 9.78 Å². The number of carboxylic acids is 1. The van der Waals surface area contributed by atoms with Gasteiger partial charge in [-0.2, -0.15) is 0 Å². The summed E-state index contributed by atoms with van der Waals surface area (Å²) in [5, 5.41) is 20.9. The Balaban J connectivity index is 1.45. The second-order valence-corrected chi connectivity index (χ2v) is 10.3. The largest absolute Gasteiger partial charge is 0.477 e. The molecule has 1 fully saturated rings. The number of rotatable bonds is 5. The van der Waals surface area contributed by atoms with Crippen molar-refractivity contribution in [1.82, 2.24) is 18.9 Å². The lowest BCUT2D eigenvalue weighted by atomic mass is 9.77. The molecule has 4 aromatic rings. The van der Waals surface area contributed by atoms with Crippen molar-refractivity contribution in [2.45, 2.75) is 26.0 Å². The fraction of sp³-hybridized carbons (Fsp3) is 0.280. The zero-order valence-electron chi connectivity index (χ0n) is 19.2. The maximum atomic E-state index is 13.5. The Hall–Kier alpha value is -3.76. The summed E-state index contributed by atoms with van der Waals surface area (Å²) in [4.78, 5) is 45.3. The predicted octanol–water partition coefficient (Wildman–Crippen LogP) is 2.77. The fourth-order valence-corrected chi connectivity index (χ4v) is 6.84. The van der Waals surface area contributed by atoms with E-state index in [0.717, 1.165) is 10.9 Å². The first-order chi connectivity index (χ1) is 16.7. The number of imidazole rings is 1. The number of aliphatic carboxylic acids is 1. The van der Waals surface area contributed by atoms with Crippen LogP contribution in [0.4, 0.5) is 0 Å². The zero-order valence-corrected chi connectivity index (χ0v) is 20.0. The van der Waals surface area contributed by atoms with E-state index in [9.17, 15) is 24.6 Å². The first-order valence-electron chi connectivity index (χ1n) is 11.2. The van der Waals surface area contributed by atoms with Gasteiger partial charge in [-0.1, -0.05) is 25.1 Å². The van der Waals surface area contributed by atoms with E-state index in [0.29, 0.717) is 26.5 Å². The van der Waals surface area contributed by atoms with Crippen molar-refractivity contribution < 1.29 is 24.6 Å². The lowest BCUT2D eigenvalue weighted by molar-refractivity contribution is -0.163. The number of thiazole rings is 1. The van der Waals surface area contributed by atoms with Gasteiger partial charge >= 0.3 is 5.97 Å². The van der Waals surface area contributed by atoms with Crippen LogP contribution in [0.25, 0.3) is 21.3 Å². The van der Waals surface area contributed by atoms with E-state index < -0.39 is 24.0 Å². The van der Waals surface area contributed by atoms with Gasteiger partial charge in [0.15, 0.2) is 0 Å². The van der Waals surface area contributed by atoms with Gasteiger partial charge in [-0.15, -0.1) is 11.3 Å². The van der Waals surface area contributed by atoms with Crippen molar-refractivity contribution in [2.75, 3.05) is 0 Å². The third-order valence-corrected chi connectivity index (χ3v) is 8.35. The number of ketones is 1. The van der Waals surface area contributed by atoms with E-state index in [1.165, 1.54) is 16.2 Å². The molecule has 4 atom stereocenters. The van der Waals surface area contributed by atoms with E-state index in [4.69, 9.17) is 0 Å². The van der Waals surface area contributed by atoms with Gasteiger partial charge in [-0.05, 0) is 13.0 Å². The van der Waals surface area contributed by atoms with E-state index in [-0.39, 0.29) is 23.3 Å². The van der Waals surface area contributed by atoms with E-state index in [1.54, 1.807) is 30.0 Å². The number of carboxylic acid groups (broad SMARTS) is 1. The SMILES string of the molecule is C[C@@H](O)[C@H]1C(=O)N2C(C(=O)O)=C(c3cn4cnc(C(=O)c5cn(C)c6ccccc56)c4s3)[C@H](C)[C@H]12. The second kappa shape index (κ2) is 7.37. The molecule has 5 heterocycles. The number of nitrogens with zero attached hydrogens (tertiary/aromatic N) is 4. The molecule has 0 aliphatic carbocycles. The number of aliphatic hydroxyl groups excluding tert-OH is 1. The molecule has 1 saturated heterocycles. The van der Waals surface area contributed by atoms with E-state index >= 15 is 0 Å². The molecule has 35 heavy (non-hydrogen) atoms. The number of carbonyl (C=O) groups excluding carboxylic acids is 2. The number of hydrogen-bond acceptors (Lipinski definition) is 6. The standard InChI is InChI=1S/C25H22N4O5S/c1-11-17(21(25(33)34)29-20(11)18(12(2)30)23(29)32)16-9-28-10-26-19(24(28)35-16)22(31)14-8-27(3)15-7-5-4-6-13(14)15/h4-12,18,20,30H,1-3H3,(H,33,34)/t11-,12+,18+,20+/m0/s1. The number of fused-ring (bicyclic) bond motifs is 3. The molecule has 0 unspecified atom stereocenters. The number of β-lactam (4-membered cyclic amide) rings is 1. The zero-order chi connectivity index (χ0) is 24.8. The van der Waals surface area contributed by atoms with Crippen LogP contribution in [-0.2, 0) is 16.6 Å². The van der Waals surface area contributed by atoms with E-state index in [1.807, 2.05) is 42.8 Å². The molecular formula is C25H22N4O5S. The molecule has 2 N–H and O–H groups in total. The highest BCUT2D eigenvalue weighted by atomic mass is 32.1. The number of amides is 1. The van der Waals surface area contributed by atoms with Crippen LogP contribution in [0.15, 0.2) is 48.7 Å². The Labute approximate surface area is 203 Å². The van der Waals surface area contributed by atoms with Crippen molar-refractivity contribution in [3.63, 3.8) is 0 Å². The molecule has 2 aliphatic heterocycles. The van der Waals surface area contributed by atoms with Crippen molar-refractivity contribution in [3.8, 4) is 0 Å². The van der Waals surface area contributed by atoms with E-state index in [2.05, 4.69) is 4.98 Å². The number of para-hydroxylation sites is 1.